The maximum Gasteiger partial charge on any atom is 0.243 e. The molecule has 0 aliphatic heterocycles. The summed E-state index contributed by atoms with van der Waals surface area (Å²) in [6.45, 7) is 5.53. The second kappa shape index (κ2) is 5.83. The van der Waals surface area contributed by atoms with Crippen LogP contribution < -0.4 is 10.5 Å². The number of nitrogens with one attached hydrogen (secondary N) is 1. The van der Waals surface area contributed by atoms with Gasteiger partial charge in [-0.1, -0.05) is 20.8 Å². The largest absolute Gasteiger partial charge is 0.394 e. The van der Waals surface area contributed by atoms with Crippen LogP contribution in [0.2, 0.25) is 0 Å². The minimum absolute atomic E-state index is 0.0561. The minimum atomic E-state index is -4.06. The summed E-state index contributed by atoms with van der Waals surface area (Å²) >= 11 is 0. The van der Waals surface area contributed by atoms with E-state index in [1.807, 2.05) is 20.8 Å². The number of hydrogen-bond donors (Lipinski definition) is 2. The monoisotopic (exact) mass is 292 g/mol. The molecule has 0 bridgehead atoms. The molecule has 1 atom stereocenters. The Bertz CT molecular complexity index is 559. The van der Waals surface area contributed by atoms with Gasteiger partial charge in [0.2, 0.25) is 10.0 Å². The summed E-state index contributed by atoms with van der Waals surface area (Å²) in [4.78, 5) is -0.634. The molecule has 19 heavy (non-hydrogen) atoms. The van der Waals surface area contributed by atoms with Crippen molar-refractivity contribution in [2.24, 2.45) is 5.92 Å². The van der Waals surface area contributed by atoms with Crippen molar-refractivity contribution in [1.29, 1.82) is 0 Å². The molecule has 0 aromatic heterocycles. The molecule has 3 N–H and O–H groups in total. The maximum atomic E-state index is 13.7. The Hall–Kier alpha value is -1.21. The molecule has 1 aromatic carbocycles. The molecule has 1 rings (SSSR count). The number of nitrogen functional groups attached to an aromatic ring is 1. The van der Waals surface area contributed by atoms with Gasteiger partial charge in [0.15, 0.2) is 5.82 Å². The van der Waals surface area contributed by atoms with E-state index in [-0.39, 0.29) is 12.0 Å². The van der Waals surface area contributed by atoms with Crippen LogP contribution in [0.1, 0.15) is 27.2 Å². The zero-order valence-corrected chi connectivity index (χ0v) is 11.9. The highest BCUT2D eigenvalue weighted by atomic mass is 32.2. The average molecular weight is 292 g/mol. The molecule has 1 aromatic rings. The Morgan fingerprint density at radius 1 is 1.32 bits per heavy atom. The van der Waals surface area contributed by atoms with Crippen molar-refractivity contribution in [3.05, 3.63) is 23.8 Å². The molecule has 0 aliphatic carbocycles. The fourth-order valence-electron chi connectivity index (χ4n) is 1.71. The lowest BCUT2D eigenvalue weighted by Crippen LogP contribution is -2.38. The number of nitrogens with two attached hydrogens (primary N) is 1. The predicted octanol–water partition coefficient (Wildman–Crippen LogP) is 2.26. The summed E-state index contributed by atoms with van der Waals surface area (Å²) in [5.74, 6) is -2.18. The number of halogens is 2. The first-order valence-electron chi connectivity index (χ1n) is 5.96. The zero-order chi connectivity index (χ0) is 14.8. The van der Waals surface area contributed by atoms with Gasteiger partial charge in [-0.05, 0) is 24.5 Å². The van der Waals surface area contributed by atoms with Crippen LogP contribution in [-0.2, 0) is 10.0 Å². The molecular weight excluding hydrogens is 274 g/mol. The molecule has 7 heteroatoms. The Labute approximate surface area is 112 Å². The van der Waals surface area contributed by atoms with E-state index in [2.05, 4.69) is 4.72 Å². The van der Waals surface area contributed by atoms with E-state index in [4.69, 9.17) is 5.73 Å². The maximum absolute atomic E-state index is 13.7. The molecule has 0 saturated carbocycles. The van der Waals surface area contributed by atoms with Gasteiger partial charge in [0.25, 0.3) is 0 Å². The van der Waals surface area contributed by atoms with Crippen molar-refractivity contribution in [3.63, 3.8) is 0 Å². The van der Waals surface area contributed by atoms with Crippen molar-refractivity contribution >= 4 is 15.7 Å². The lowest BCUT2D eigenvalue weighted by Gasteiger charge is -2.21. The third-order valence-corrected chi connectivity index (χ3v) is 4.44. The Kier molecular flexibility index (Phi) is 4.86. The van der Waals surface area contributed by atoms with Gasteiger partial charge < -0.3 is 5.73 Å². The van der Waals surface area contributed by atoms with Gasteiger partial charge >= 0.3 is 0 Å². The number of benzene rings is 1. The SMILES string of the molecule is CCC(NS(=O)(=O)c1ccc(F)c(N)c1F)C(C)C. The van der Waals surface area contributed by atoms with E-state index in [0.717, 1.165) is 12.1 Å². The number of hydrogen-bond acceptors (Lipinski definition) is 3. The van der Waals surface area contributed by atoms with Crippen molar-refractivity contribution in [1.82, 2.24) is 4.72 Å². The van der Waals surface area contributed by atoms with Crippen LogP contribution >= 0.6 is 0 Å². The van der Waals surface area contributed by atoms with Crippen LogP contribution in [0.4, 0.5) is 14.5 Å². The molecule has 0 aliphatic rings. The highest BCUT2D eigenvalue weighted by Gasteiger charge is 2.26. The molecule has 108 valence electrons. The molecule has 0 spiro atoms. The second-order valence-corrected chi connectivity index (χ2v) is 6.34. The molecule has 0 saturated heterocycles. The zero-order valence-electron chi connectivity index (χ0n) is 11.1. The highest BCUT2D eigenvalue weighted by molar-refractivity contribution is 7.89. The standard InChI is InChI=1S/C12H18F2N2O2S/c1-4-9(7(2)3)16-19(17,18)10-6-5-8(13)12(15)11(10)14/h5-7,9,16H,4,15H2,1-3H3. The van der Waals surface area contributed by atoms with Gasteiger partial charge in [0, 0.05) is 6.04 Å². The third-order valence-electron chi connectivity index (χ3n) is 2.93. The minimum Gasteiger partial charge on any atom is -0.394 e. The van der Waals surface area contributed by atoms with E-state index < -0.39 is 32.2 Å². The van der Waals surface area contributed by atoms with Gasteiger partial charge in [-0.25, -0.2) is 21.9 Å². The van der Waals surface area contributed by atoms with Gasteiger partial charge in [-0.15, -0.1) is 0 Å². The summed E-state index contributed by atoms with van der Waals surface area (Å²) in [5.41, 5.74) is 4.37. The normalized spacial score (nSPS) is 13.8. The van der Waals surface area contributed by atoms with Crippen LogP contribution in [0.15, 0.2) is 17.0 Å². The average Bonchev–Trinajstić information content (AvgIpc) is 2.32. The molecule has 0 amide bonds. The van der Waals surface area contributed by atoms with E-state index >= 15 is 0 Å². The Balaban J connectivity index is 3.18. The lowest BCUT2D eigenvalue weighted by molar-refractivity contribution is 0.435. The fraction of sp³-hybridized carbons (Fsp3) is 0.500. The van der Waals surface area contributed by atoms with Gasteiger partial charge in [-0.2, -0.15) is 0 Å². The second-order valence-electron chi connectivity index (χ2n) is 4.65. The Morgan fingerprint density at radius 2 is 1.89 bits per heavy atom. The van der Waals surface area contributed by atoms with E-state index in [0.29, 0.717) is 6.42 Å². The van der Waals surface area contributed by atoms with E-state index in [1.165, 1.54) is 0 Å². The molecule has 0 radical (unpaired) electrons. The van der Waals surface area contributed by atoms with Crippen LogP contribution in [0.5, 0.6) is 0 Å². The Morgan fingerprint density at radius 3 is 2.37 bits per heavy atom. The fourth-order valence-corrected chi connectivity index (χ4v) is 3.27. The smallest absolute Gasteiger partial charge is 0.243 e. The van der Waals surface area contributed by atoms with Crippen LogP contribution in [0.25, 0.3) is 0 Å². The van der Waals surface area contributed by atoms with Gasteiger partial charge in [0.05, 0.1) is 0 Å². The van der Waals surface area contributed by atoms with Crippen LogP contribution in [-0.4, -0.2) is 14.5 Å². The summed E-state index contributed by atoms with van der Waals surface area (Å²) in [7, 11) is -4.06. The van der Waals surface area contributed by atoms with Crippen LogP contribution in [0, 0.1) is 17.6 Å². The predicted molar refractivity (Wildman–Crippen MR) is 70.0 cm³/mol. The summed E-state index contributed by atoms with van der Waals surface area (Å²) in [5, 5.41) is 0. The summed E-state index contributed by atoms with van der Waals surface area (Å²) in [6.07, 6.45) is 0.565. The van der Waals surface area contributed by atoms with Gasteiger partial charge in [0.1, 0.15) is 16.4 Å². The topological polar surface area (TPSA) is 72.2 Å². The number of sulfonamides is 1. The molecule has 0 fully saturated rings. The third kappa shape index (κ3) is 3.42. The molecule has 0 heterocycles. The number of anilines is 1. The first-order chi connectivity index (χ1) is 8.70. The van der Waals surface area contributed by atoms with E-state index in [9.17, 15) is 17.2 Å². The molecular formula is C12H18F2N2O2S. The van der Waals surface area contributed by atoms with E-state index in [1.54, 1.807) is 0 Å². The van der Waals surface area contributed by atoms with Crippen molar-refractivity contribution in [3.8, 4) is 0 Å². The van der Waals surface area contributed by atoms with Crippen molar-refractivity contribution < 1.29 is 17.2 Å². The first-order valence-corrected chi connectivity index (χ1v) is 7.44. The first kappa shape index (κ1) is 15.8. The highest BCUT2D eigenvalue weighted by Crippen LogP contribution is 2.23. The van der Waals surface area contributed by atoms with Crippen molar-refractivity contribution in [2.45, 2.75) is 38.1 Å². The quantitative estimate of drug-likeness (QED) is 0.818. The van der Waals surface area contributed by atoms with Gasteiger partial charge in [-0.3, -0.25) is 0 Å². The summed E-state index contributed by atoms with van der Waals surface area (Å²) in [6, 6.07) is 1.38. The number of rotatable bonds is 5. The van der Waals surface area contributed by atoms with Crippen LogP contribution in [0.3, 0.4) is 0 Å². The molecule has 4 nitrogen and oxygen atoms in total. The lowest BCUT2D eigenvalue weighted by atomic mass is 10.0. The summed E-state index contributed by atoms with van der Waals surface area (Å²) < 4.78 is 53.3. The molecule has 1 unspecified atom stereocenters. The van der Waals surface area contributed by atoms with Crippen molar-refractivity contribution in [2.75, 3.05) is 5.73 Å².